The summed E-state index contributed by atoms with van der Waals surface area (Å²) in [7, 11) is 2.16. The summed E-state index contributed by atoms with van der Waals surface area (Å²) in [5.41, 5.74) is 0. The molecule has 3 heterocycles. The molecular weight excluding hydrogens is 241 g/mol. The van der Waals surface area contributed by atoms with E-state index in [4.69, 9.17) is 11.6 Å². The van der Waals surface area contributed by atoms with Gasteiger partial charge in [-0.1, -0.05) is 11.6 Å². The van der Waals surface area contributed by atoms with Crippen LogP contribution < -0.4 is 4.90 Å². The maximum atomic E-state index is 13.3. The highest BCUT2D eigenvalue weighted by Gasteiger charge is 2.39. The van der Waals surface area contributed by atoms with Crippen molar-refractivity contribution in [3.05, 3.63) is 23.1 Å². The second-order valence-electron chi connectivity index (χ2n) is 4.94. The second kappa shape index (κ2) is 4.10. The van der Waals surface area contributed by atoms with E-state index in [1.165, 1.54) is 13.0 Å². The van der Waals surface area contributed by atoms with Crippen LogP contribution >= 0.6 is 11.6 Å². The van der Waals surface area contributed by atoms with Gasteiger partial charge >= 0.3 is 0 Å². The van der Waals surface area contributed by atoms with Crippen molar-refractivity contribution >= 4 is 17.4 Å². The van der Waals surface area contributed by atoms with Crippen molar-refractivity contribution in [3.63, 3.8) is 0 Å². The second-order valence-corrected chi connectivity index (χ2v) is 5.35. The number of rotatable bonds is 1. The normalized spacial score (nSPS) is 28.8. The maximum Gasteiger partial charge on any atom is 0.233 e. The van der Waals surface area contributed by atoms with Gasteiger partial charge < -0.3 is 9.80 Å². The standard InChI is InChI=1S/C12H15ClFN3/c1-16-5-4-8-6-17(7-10(8)16)11-3-2-9(13)12(14)15-11/h2-3,8,10H,4-7H2,1H3. The minimum absolute atomic E-state index is 0.0882. The lowest BCUT2D eigenvalue weighted by molar-refractivity contribution is 0.310. The molecule has 0 amide bonds. The first-order valence-electron chi connectivity index (χ1n) is 5.92. The molecule has 2 fully saturated rings. The van der Waals surface area contributed by atoms with Crippen molar-refractivity contribution in [2.75, 3.05) is 31.6 Å². The summed E-state index contributed by atoms with van der Waals surface area (Å²) in [6, 6.07) is 3.97. The molecule has 0 saturated carbocycles. The van der Waals surface area contributed by atoms with Gasteiger partial charge in [-0.05, 0) is 38.1 Å². The number of hydrogen-bond donors (Lipinski definition) is 0. The van der Waals surface area contributed by atoms with Crippen LogP contribution in [0, 0.1) is 11.9 Å². The minimum atomic E-state index is -0.574. The van der Waals surface area contributed by atoms with E-state index >= 15 is 0 Å². The topological polar surface area (TPSA) is 19.4 Å². The summed E-state index contributed by atoms with van der Waals surface area (Å²) in [4.78, 5) is 8.46. The molecule has 92 valence electrons. The number of hydrogen-bond acceptors (Lipinski definition) is 3. The SMILES string of the molecule is CN1CCC2CN(c3ccc(Cl)c(F)n3)CC21. The highest BCUT2D eigenvalue weighted by molar-refractivity contribution is 6.30. The molecule has 2 atom stereocenters. The quantitative estimate of drug-likeness (QED) is 0.716. The van der Waals surface area contributed by atoms with Crippen molar-refractivity contribution in [1.29, 1.82) is 0 Å². The first kappa shape index (κ1) is 11.2. The molecule has 2 unspecified atom stereocenters. The van der Waals surface area contributed by atoms with Gasteiger partial charge in [0.1, 0.15) is 5.82 Å². The van der Waals surface area contributed by atoms with Gasteiger partial charge in [0.2, 0.25) is 5.95 Å². The number of anilines is 1. The Morgan fingerprint density at radius 1 is 1.41 bits per heavy atom. The Morgan fingerprint density at radius 3 is 2.94 bits per heavy atom. The molecule has 5 heteroatoms. The van der Waals surface area contributed by atoms with Gasteiger partial charge in [0, 0.05) is 19.1 Å². The molecule has 0 radical (unpaired) electrons. The van der Waals surface area contributed by atoms with Crippen molar-refractivity contribution < 1.29 is 4.39 Å². The van der Waals surface area contributed by atoms with E-state index in [1.807, 2.05) is 0 Å². The first-order chi connectivity index (χ1) is 8.15. The lowest BCUT2D eigenvalue weighted by Crippen LogP contribution is -2.32. The van der Waals surface area contributed by atoms with Crippen LogP contribution in [0.3, 0.4) is 0 Å². The molecule has 2 aliphatic rings. The van der Waals surface area contributed by atoms with E-state index < -0.39 is 5.95 Å². The summed E-state index contributed by atoms with van der Waals surface area (Å²) in [5.74, 6) is 0.824. The molecule has 0 spiro atoms. The highest BCUT2D eigenvalue weighted by Crippen LogP contribution is 2.32. The van der Waals surface area contributed by atoms with Gasteiger partial charge in [0.15, 0.2) is 0 Å². The molecule has 0 bridgehead atoms. The van der Waals surface area contributed by atoms with E-state index in [0.717, 1.165) is 13.1 Å². The molecule has 17 heavy (non-hydrogen) atoms. The van der Waals surface area contributed by atoms with Gasteiger partial charge in [-0.2, -0.15) is 4.39 Å². The first-order valence-corrected chi connectivity index (χ1v) is 6.30. The van der Waals surface area contributed by atoms with Gasteiger partial charge in [0.05, 0.1) is 5.02 Å². The Balaban J connectivity index is 1.80. The van der Waals surface area contributed by atoms with Gasteiger partial charge in [-0.3, -0.25) is 0 Å². The molecule has 2 saturated heterocycles. The van der Waals surface area contributed by atoms with Crippen LogP contribution in [0.5, 0.6) is 0 Å². The molecule has 0 N–H and O–H groups in total. The van der Waals surface area contributed by atoms with E-state index in [-0.39, 0.29) is 5.02 Å². The summed E-state index contributed by atoms with van der Waals surface area (Å²) < 4.78 is 13.3. The number of likely N-dealkylation sites (N-methyl/N-ethyl adjacent to an activating group) is 1. The number of likely N-dealkylation sites (tertiary alicyclic amines) is 1. The zero-order valence-corrected chi connectivity index (χ0v) is 10.5. The van der Waals surface area contributed by atoms with Crippen molar-refractivity contribution in [3.8, 4) is 0 Å². The molecule has 3 nitrogen and oxygen atoms in total. The fourth-order valence-electron chi connectivity index (χ4n) is 2.94. The zero-order valence-electron chi connectivity index (χ0n) is 9.74. The Morgan fingerprint density at radius 2 is 2.24 bits per heavy atom. The van der Waals surface area contributed by atoms with Gasteiger partial charge in [-0.15, -0.1) is 0 Å². The van der Waals surface area contributed by atoms with Crippen LogP contribution in [-0.4, -0.2) is 42.6 Å². The molecule has 0 aromatic carbocycles. The molecule has 2 aliphatic heterocycles. The molecule has 0 aliphatic carbocycles. The Kier molecular flexibility index (Phi) is 2.71. The van der Waals surface area contributed by atoms with Crippen molar-refractivity contribution in [2.45, 2.75) is 12.5 Å². The number of aromatic nitrogens is 1. The Bertz CT molecular complexity index is 440. The molecular formula is C12H15ClFN3. The van der Waals surface area contributed by atoms with Crippen molar-refractivity contribution in [1.82, 2.24) is 9.88 Å². The fraction of sp³-hybridized carbons (Fsp3) is 0.583. The third-order valence-electron chi connectivity index (χ3n) is 3.94. The lowest BCUT2D eigenvalue weighted by Gasteiger charge is -2.21. The average molecular weight is 256 g/mol. The van der Waals surface area contributed by atoms with E-state index in [9.17, 15) is 4.39 Å². The summed E-state index contributed by atoms with van der Waals surface area (Å²) in [6.07, 6.45) is 1.23. The van der Waals surface area contributed by atoms with Crippen LogP contribution in [-0.2, 0) is 0 Å². The average Bonchev–Trinajstić information content (AvgIpc) is 2.86. The van der Waals surface area contributed by atoms with Crippen LogP contribution in [0.15, 0.2) is 12.1 Å². The highest BCUT2D eigenvalue weighted by atomic mass is 35.5. The van der Waals surface area contributed by atoms with Crippen LogP contribution in [0.4, 0.5) is 10.2 Å². The Hall–Kier alpha value is -0.870. The van der Waals surface area contributed by atoms with E-state index in [2.05, 4.69) is 21.8 Å². The smallest absolute Gasteiger partial charge is 0.233 e. The largest absolute Gasteiger partial charge is 0.355 e. The summed E-state index contributed by atoms with van der Waals surface area (Å²) >= 11 is 5.64. The molecule has 3 rings (SSSR count). The Labute approximate surface area is 105 Å². The van der Waals surface area contributed by atoms with Gasteiger partial charge in [0.25, 0.3) is 0 Å². The predicted octanol–water partition coefficient (Wildman–Crippen LogP) is 2.01. The van der Waals surface area contributed by atoms with Crippen LogP contribution in [0.25, 0.3) is 0 Å². The number of nitrogens with zero attached hydrogens (tertiary/aromatic N) is 3. The van der Waals surface area contributed by atoms with Gasteiger partial charge in [-0.25, -0.2) is 4.98 Å². The van der Waals surface area contributed by atoms with Crippen LogP contribution in [0.1, 0.15) is 6.42 Å². The number of pyridine rings is 1. The molecule has 1 aromatic heterocycles. The number of fused-ring (bicyclic) bond motifs is 1. The monoisotopic (exact) mass is 255 g/mol. The fourth-order valence-corrected chi connectivity index (χ4v) is 3.05. The summed E-state index contributed by atoms with van der Waals surface area (Å²) in [5, 5.41) is 0.0882. The third kappa shape index (κ3) is 1.89. The van der Waals surface area contributed by atoms with E-state index in [1.54, 1.807) is 12.1 Å². The molecule has 1 aromatic rings. The summed E-state index contributed by atoms with van der Waals surface area (Å²) in [6.45, 7) is 3.09. The predicted molar refractivity (Wildman–Crippen MR) is 65.9 cm³/mol. The zero-order chi connectivity index (χ0) is 12.0. The number of halogens is 2. The van der Waals surface area contributed by atoms with E-state index in [0.29, 0.717) is 17.8 Å². The maximum absolute atomic E-state index is 13.3. The third-order valence-corrected chi connectivity index (χ3v) is 4.22. The van der Waals surface area contributed by atoms with Crippen LogP contribution in [0.2, 0.25) is 5.02 Å². The minimum Gasteiger partial charge on any atom is -0.355 e. The van der Waals surface area contributed by atoms with Crippen molar-refractivity contribution in [2.24, 2.45) is 5.92 Å². The lowest BCUT2D eigenvalue weighted by atomic mass is 10.1.